The van der Waals surface area contributed by atoms with E-state index in [-0.39, 0.29) is 23.0 Å². The van der Waals surface area contributed by atoms with E-state index < -0.39 is 34.3 Å². The van der Waals surface area contributed by atoms with E-state index in [4.69, 9.17) is 4.74 Å². The number of nitrogens with zero attached hydrogens (tertiary/aromatic N) is 2. The topological polar surface area (TPSA) is 96.0 Å². The molecule has 0 spiro atoms. The van der Waals surface area contributed by atoms with Crippen molar-refractivity contribution < 1.29 is 27.1 Å². The molecular weight excluding hydrogens is 509 g/mol. The summed E-state index contributed by atoms with van der Waals surface area (Å²) in [6, 6.07) is 18.9. The molecule has 0 aliphatic carbocycles. The van der Waals surface area contributed by atoms with Crippen molar-refractivity contribution in [3.05, 3.63) is 90.2 Å². The monoisotopic (exact) mass is 541 g/mol. The molecule has 0 heterocycles. The van der Waals surface area contributed by atoms with E-state index in [1.54, 1.807) is 56.3 Å². The highest BCUT2D eigenvalue weighted by atomic mass is 32.2. The lowest BCUT2D eigenvalue weighted by molar-refractivity contribution is -0.139. The minimum Gasteiger partial charge on any atom is -0.494 e. The van der Waals surface area contributed by atoms with Gasteiger partial charge in [-0.3, -0.25) is 13.9 Å². The molecule has 3 aromatic rings. The molecule has 10 heteroatoms. The number of hydrogen-bond acceptors (Lipinski definition) is 5. The van der Waals surface area contributed by atoms with Crippen LogP contribution in [-0.2, 0) is 26.2 Å². The zero-order valence-corrected chi connectivity index (χ0v) is 22.4. The summed E-state index contributed by atoms with van der Waals surface area (Å²) in [6.07, 6.45) is 0. The fraction of sp³-hybridized carbons (Fsp3) is 0.286. The first kappa shape index (κ1) is 28.6. The molecule has 0 fully saturated rings. The third kappa shape index (κ3) is 7.10. The molecule has 1 unspecified atom stereocenters. The predicted octanol–water partition coefficient (Wildman–Crippen LogP) is 3.97. The van der Waals surface area contributed by atoms with E-state index >= 15 is 0 Å². The van der Waals surface area contributed by atoms with Crippen molar-refractivity contribution in [2.45, 2.75) is 38.3 Å². The van der Waals surface area contributed by atoms with Crippen LogP contribution >= 0.6 is 0 Å². The molecule has 38 heavy (non-hydrogen) atoms. The summed E-state index contributed by atoms with van der Waals surface area (Å²) in [5, 5.41) is 2.70. The second kappa shape index (κ2) is 13.0. The fourth-order valence-corrected chi connectivity index (χ4v) is 5.25. The Morgan fingerprint density at radius 1 is 0.947 bits per heavy atom. The Morgan fingerprint density at radius 3 is 2.16 bits per heavy atom. The lowest BCUT2D eigenvalue weighted by Gasteiger charge is -2.32. The third-order valence-electron chi connectivity index (χ3n) is 5.83. The number of carbonyl (C=O) groups is 2. The first-order valence-electron chi connectivity index (χ1n) is 12.3. The zero-order valence-electron chi connectivity index (χ0n) is 21.6. The molecule has 3 rings (SSSR count). The number of benzene rings is 3. The van der Waals surface area contributed by atoms with Gasteiger partial charge in [0, 0.05) is 13.1 Å². The number of sulfonamides is 1. The third-order valence-corrected chi connectivity index (χ3v) is 7.62. The van der Waals surface area contributed by atoms with Crippen LogP contribution in [-0.4, -0.2) is 50.9 Å². The van der Waals surface area contributed by atoms with E-state index in [1.807, 2.05) is 6.92 Å². The van der Waals surface area contributed by atoms with E-state index in [0.29, 0.717) is 24.5 Å². The summed E-state index contributed by atoms with van der Waals surface area (Å²) >= 11 is 0. The first-order valence-corrected chi connectivity index (χ1v) is 13.7. The van der Waals surface area contributed by atoms with Crippen LogP contribution in [0.4, 0.5) is 10.1 Å². The zero-order chi connectivity index (χ0) is 27.7. The SMILES string of the molecule is CCNC(=O)C(C)N(Cc1ccc(F)cc1)C(=O)CN(c1ccc(OCC)cc1)S(=O)(=O)c1ccccc1. The van der Waals surface area contributed by atoms with Crippen molar-refractivity contribution in [1.29, 1.82) is 0 Å². The van der Waals surface area contributed by atoms with Crippen LogP contribution in [0.1, 0.15) is 26.3 Å². The summed E-state index contributed by atoms with van der Waals surface area (Å²) in [5.74, 6) is -0.857. The molecule has 0 aliphatic heterocycles. The van der Waals surface area contributed by atoms with Crippen LogP contribution in [0.3, 0.4) is 0 Å². The quantitative estimate of drug-likeness (QED) is 0.374. The summed E-state index contributed by atoms with van der Waals surface area (Å²) < 4.78 is 47.4. The Morgan fingerprint density at radius 2 is 1.58 bits per heavy atom. The van der Waals surface area contributed by atoms with Gasteiger partial charge in [-0.05, 0) is 74.9 Å². The minimum atomic E-state index is -4.15. The van der Waals surface area contributed by atoms with Gasteiger partial charge in [0.15, 0.2) is 0 Å². The molecule has 1 N–H and O–H groups in total. The minimum absolute atomic E-state index is 0.0140. The first-order chi connectivity index (χ1) is 18.2. The van der Waals surface area contributed by atoms with Crippen molar-refractivity contribution in [3.63, 3.8) is 0 Å². The number of amides is 2. The van der Waals surface area contributed by atoms with E-state index in [1.165, 1.54) is 41.3 Å². The lowest BCUT2D eigenvalue weighted by Crippen LogP contribution is -2.51. The van der Waals surface area contributed by atoms with Crippen LogP contribution < -0.4 is 14.4 Å². The Labute approximate surface area is 223 Å². The molecule has 8 nitrogen and oxygen atoms in total. The van der Waals surface area contributed by atoms with E-state index in [0.717, 1.165) is 4.31 Å². The highest BCUT2D eigenvalue weighted by Crippen LogP contribution is 2.26. The van der Waals surface area contributed by atoms with Crippen molar-refractivity contribution in [2.24, 2.45) is 0 Å². The molecule has 0 aromatic heterocycles. The normalized spacial score (nSPS) is 11.9. The Balaban J connectivity index is 2.01. The van der Waals surface area contributed by atoms with Gasteiger partial charge in [-0.2, -0.15) is 0 Å². The summed E-state index contributed by atoms with van der Waals surface area (Å²) in [5.41, 5.74) is 0.854. The van der Waals surface area contributed by atoms with Crippen LogP contribution in [0.25, 0.3) is 0 Å². The number of likely N-dealkylation sites (N-methyl/N-ethyl adjacent to an activating group) is 1. The van der Waals surface area contributed by atoms with Gasteiger partial charge in [0.2, 0.25) is 11.8 Å². The molecule has 0 bridgehead atoms. The van der Waals surface area contributed by atoms with Gasteiger partial charge in [-0.1, -0.05) is 30.3 Å². The molecule has 0 saturated carbocycles. The number of carbonyl (C=O) groups excluding carboxylic acids is 2. The van der Waals surface area contributed by atoms with Crippen LogP contribution in [0.15, 0.2) is 83.8 Å². The van der Waals surface area contributed by atoms with Crippen molar-refractivity contribution >= 4 is 27.5 Å². The molecule has 0 saturated heterocycles. The fourth-order valence-electron chi connectivity index (χ4n) is 3.81. The summed E-state index contributed by atoms with van der Waals surface area (Å²) in [4.78, 5) is 27.7. The lowest BCUT2D eigenvalue weighted by atomic mass is 10.1. The van der Waals surface area contributed by atoms with Crippen LogP contribution in [0.2, 0.25) is 0 Å². The van der Waals surface area contributed by atoms with Crippen molar-refractivity contribution in [1.82, 2.24) is 10.2 Å². The maximum absolute atomic E-state index is 13.7. The maximum atomic E-state index is 13.7. The van der Waals surface area contributed by atoms with Crippen molar-refractivity contribution in [2.75, 3.05) is 24.0 Å². The number of rotatable bonds is 12. The molecule has 2 amide bonds. The largest absolute Gasteiger partial charge is 0.494 e. The van der Waals surface area contributed by atoms with Crippen LogP contribution in [0, 0.1) is 5.82 Å². The van der Waals surface area contributed by atoms with Gasteiger partial charge in [0.05, 0.1) is 17.2 Å². The molecule has 202 valence electrons. The second-order valence-electron chi connectivity index (χ2n) is 8.47. The highest BCUT2D eigenvalue weighted by molar-refractivity contribution is 7.92. The molecule has 0 radical (unpaired) electrons. The van der Waals surface area contributed by atoms with Gasteiger partial charge in [0.1, 0.15) is 24.2 Å². The van der Waals surface area contributed by atoms with Crippen LogP contribution in [0.5, 0.6) is 5.75 Å². The highest BCUT2D eigenvalue weighted by Gasteiger charge is 2.32. The molecule has 0 aliphatic rings. The average molecular weight is 542 g/mol. The number of anilines is 1. The molecular formula is C28H32FN3O5S. The van der Waals surface area contributed by atoms with Gasteiger partial charge in [-0.15, -0.1) is 0 Å². The standard InChI is InChI=1S/C28H32FN3O5S/c1-4-30-28(34)21(3)31(19-22-11-13-23(29)14-12-22)27(33)20-32(24-15-17-25(18-16-24)37-5-2)38(35,36)26-9-7-6-8-10-26/h6-18,21H,4-5,19-20H2,1-3H3,(H,30,34). The van der Waals surface area contributed by atoms with Gasteiger partial charge in [0.25, 0.3) is 10.0 Å². The number of nitrogens with one attached hydrogen (secondary N) is 1. The van der Waals surface area contributed by atoms with Crippen molar-refractivity contribution in [3.8, 4) is 5.75 Å². The Bertz CT molecular complexity index is 1320. The van der Waals surface area contributed by atoms with Gasteiger partial charge >= 0.3 is 0 Å². The Hall–Kier alpha value is -3.92. The number of halogens is 1. The predicted molar refractivity (Wildman–Crippen MR) is 144 cm³/mol. The smallest absolute Gasteiger partial charge is 0.264 e. The molecule has 1 atom stereocenters. The number of ether oxygens (including phenoxy) is 1. The summed E-state index contributed by atoms with van der Waals surface area (Å²) in [7, 11) is -4.15. The summed E-state index contributed by atoms with van der Waals surface area (Å²) in [6.45, 7) is 5.40. The maximum Gasteiger partial charge on any atom is 0.264 e. The van der Waals surface area contributed by atoms with E-state index in [2.05, 4.69) is 5.32 Å². The number of hydrogen-bond donors (Lipinski definition) is 1. The Kier molecular flexibility index (Phi) is 9.84. The van der Waals surface area contributed by atoms with Gasteiger partial charge < -0.3 is 15.0 Å². The van der Waals surface area contributed by atoms with E-state index in [9.17, 15) is 22.4 Å². The van der Waals surface area contributed by atoms with Gasteiger partial charge in [-0.25, -0.2) is 12.8 Å². The average Bonchev–Trinajstić information content (AvgIpc) is 2.92. The second-order valence-corrected chi connectivity index (χ2v) is 10.3. The molecule has 3 aromatic carbocycles.